The Balaban J connectivity index is 1.84. The molecular weight excluding hydrogens is 362 g/mol. The van der Waals surface area contributed by atoms with Crippen LogP contribution in [0.3, 0.4) is 0 Å². The van der Waals surface area contributed by atoms with Crippen molar-refractivity contribution in [3.63, 3.8) is 0 Å². The third-order valence-corrected chi connectivity index (χ3v) is 4.20. The molecule has 2 aromatic rings. The van der Waals surface area contributed by atoms with Gasteiger partial charge in [0, 0.05) is 10.6 Å². The van der Waals surface area contributed by atoms with Crippen molar-refractivity contribution in [3.05, 3.63) is 59.7 Å². The van der Waals surface area contributed by atoms with E-state index in [9.17, 15) is 18.4 Å². The molecular formula is C18H14F2N2O3S. The first-order valence-electron chi connectivity index (χ1n) is 7.47. The number of halogens is 2. The highest BCUT2D eigenvalue weighted by molar-refractivity contribution is 8.00. The van der Waals surface area contributed by atoms with E-state index in [1.54, 1.807) is 12.1 Å². The second kappa shape index (κ2) is 8.97. The Bertz CT molecular complexity index is 851. The fourth-order valence-corrected chi connectivity index (χ4v) is 2.62. The predicted molar refractivity (Wildman–Crippen MR) is 92.4 cm³/mol. The molecule has 1 N–H and O–H groups in total. The van der Waals surface area contributed by atoms with Gasteiger partial charge in [0.15, 0.2) is 6.10 Å². The molecule has 0 bridgehead atoms. The average Bonchev–Trinajstić information content (AvgIpc) is 2.63. The zero-order valence-electron chi connectivity index (χ0n) is 13.7. The fourth-order valence-electron chi connectivity index (χ4n) is 1.88. The summed E-state index contributed by atoms with van der Waals surface area (Å²) in [6.07, 6.45) is -1.07. The minimum absolute atomic E-state index is 0.0170. The number of carbonyl (C=O) groups excluding carboxylic acids is 2. The van der Waals surface area contributed by atoms with E-state index in [1.807, 2.05) is 6.07 Å². The van der Waals surface area contributed by atoms with Gasteiger partial charge in [-0.05, 0) is 49.4 Å². The number of amides is 1. The number of thioether (sulfide) groups is 1. The minimum Gasteiger partial charge on any atom is -0.452 e. The van der Waals surface area contributed by atoms with Crippen molar-refractivity contribution in [1.29, 1.82) is 5.26 Å². The van der Waals surface area contributed by atoms with Crippen LogP contribution in [-0.2, 0) is 14.3 Å². The fraction of sp³-hybridized carbons (Fsp3) is 0.167. The number of hydrogen-bond acceptors (Lipinski definition) is 5. The van der Waals surface area contributed by atoms with Crippen molar-refractivity contribution in [1.82, 2.24) is 0 Å². The summed E-state index contributed by atoms with van der Waals surface area (Å²) in [7, 11) is 0. The third-order valence-electron chi connectivity index (χ3n) is 3.20. The van der Waals surface area contributed by atoms with Gasteiger partial charge in [-0.3, -0.25) is 9.59 Å². The zero-order chi connectivity index (χ0) is 19.1. The van der Waals surface area contributed by atoms with Crippen LogP contribution in [0.25, 0.3) is 0 Å². The molecule has 0 fully saturated rings. The number of esters is 1. The number of anilines is 1. The Hall–Kier alpha value is -2.92. The van der Waals surface area contributed by atoms with Crippen LogP contribution >= 0.6 is 11.8 Å². The van der Waals surface area contributed by atoms with Gasteiger partial charge in [-0.2, -0.15) is 5.26 Å². The topological polar surface area (TPSA) is 79.2 Å². The van der Waals surface area contributed by atoms with E-state index in [2.05, 4.69) is 5.32 Å². The zero-order valence-corrected chi connectivity index (χ0v) is 14.5. The monoisotopic (exact) mass is 376 g/mol. The predicted octanol–water partition coefficient (Wildman–Crippen LogP) is 3.50. The summed E-state index contributed by atoms with van der Waals surface area (Å²) in [5, 5.41) is 11.3. The second-order valence-electron chi connectivity index (χ2n) is 5.17. The highest BCUT2D eigenvalue weighted by atomic mass is 32.2. The summed E-state index contributed by atoms with van der Waals surface area (Å²) in [5.41, 5.74) is 0.900. The van der Waals surface area contributed by atoms with E-state index in [0.29, 0.717) is 11.3 Å². The van der Waals surface area contributed by atoms with Crippen LogP contribution in [0.5, 0.6) is 0 Å². The number of rotatable bonds is 6. The number of nitrogens with zero attached hydrogens (tertiary/aromatic N) is 1. The molecule has 0 unspecified atom stereocenters. The number of nitrogens with one attached hydrogen (secondary N) is 1. The third kappa shape index (κ3) is 5.57. The lowest BCUT2D eigenvalue weighted by Crippen LogP contribution is -2.30. The van der Waals surface area contributed by atoms with Crippen LogP contribution in [0.15, 0.2) is 47.4 Å². The SMILES string of the molecule is C[C@H](OC(=O)CSc1cc(F)ccc1F)C(=O)Nc1ccc(C#N)cc1. The van der Waals surface area contributed by atoms with E-state index >= 15 is 0 Å². The van der Waals surface area contributed by atoms with Crippen molar-refractivity contribution >= 4 is 29.3 Å². The Morgan fingerprint density at radius 3 is 2.58 bits per heavy atom. The number of nitriles is 1. The molecule has 2 rings (SSSR count). The highest BCUT2D eigenvalue weighted by Gasteiger charge is 2.18. The van der Waals surface area contributed by atoms with Gasteiger partial charge in [-0.1, -0.05) is 0 Å². The van der Waals surface area contributed by atoms with E-state index in [4.69, 9.17) is 10.00 Å². The van der Waals surface area contributed by atoms with Gasteiger partial charge in [0.05, 0.1) is 17.4 Å². The van der Waals surface area contributed by atoms with Gasteiger partial charge in [-0.25, -0.2) is 8.78 Å². The molecule has 1 atom stereocenters. The number of carbonyl (C=O) groups is 2. The van der Waals surface area contributed by atoms with Crippen LogP contribution < -0.4 is 5.32 Å². The summed E-state index contributed by atoms with van der Waals surface area (Å²) in [6, 6.07) is 11.1. The average molecular weight is 376 g/mol. The molecule has 0 saturated carbocycles. The Morgan fingerprint density at radius 1 is 1.23 bits per heavy atom. The second-order valence-corrected chi connectivity index (χ2v) is 6.19. The molecule has 0 heterocycles. The molecule has 0 spiro atoms. The van der Waals surface area contributed by atoms with Crippen molar-refractivity contribution in [2.75, 3.05) is 11.1 Å². The summed E-state index contributed by atoms with van der Waals surface area (Å²) in [4.78, 5) is 23.8. The van der Waals surface area contributed by atoms with Gasteiger partial charge in [0.2, 0.25) is 0 Å². The van der Waals surface area contributed by atoms with Crippen LogP contribution in [-0.4, -0.2) is 23.7 Å². The summed E-state index contributed by atoms with van der Waals surface area (Å²) >= 11 is 0.779. The van der Waals surface area contributed by atoms with Crippen LogP contribution in [0.4, 0.5) is 14.5 Å². The largest absolute Gasteiger partial charge is 0.452 e. The lowest BCUT2D eigenvalue weighted by Gasteiger charge is -2.13. The number of hydrogen-bond donors (Lipinski definition) is 1. The number of ether oxygens (including phenoxy) is 1. The van der Waals surface area contributed by atoms with Crippen molar-refractivity contribution < 1.29 is 23.1 Å². The molecule has 0 aliphatic heterocycles. The quantitative estimate of drug-likeness (QED) is 0.617. The molecule has 5 nitrogen and oxygen atoms in total. The van der Waals surface area contributed by atoms with Crippen molar-refractivity contribution in [3.8, 4) is 6.07 Å². The van der Waals surface area contributed by atoms with E-state index in [-0.39, 0.29) is 10.6 Å². The van der Waals surface area contributed by atoms with Crippen LogP contribution in [0.1, 0.15) is 12.5 Å². The summed E-state index contributed by atoms with van der Waals surface area (Å²) < 4.78 is 31.5. The van der Waals surface area contributed by atoms with Crippen molar-refractivity contribution in [2.24, 2.45) is 0 Å². The van der Waals surface area contributed by atoms with Gasteiger partial charge >= 0.3 is 5.97 Å². The standard InChI is InChI=1S/C18H14F2N2O3S/c1-11(18(24)22-14-5-2-12(9-21)3-6-14)25-17(23)10-26-16-8-13(19)4-7-15(16)20/h2-8,11H,10H2,1H3,(H,22,24)/t11-/m0/s1. The summed E-state index contributed by atoms with van der Waals surface area (Å²) in [5.74, 6) is -2.81. The van der Waals surface area contributed by atoms with Crippen LogP contribution in [0, 0.1) is 23.0 Å². The maximum atomic E-state index is 13.5. The molecule has 0 aliphatic carbocycles. The molecule has 0 aromatic heterocycles. The molecule has 0 aliphatic rings. The Labute approximate surface area is 153 Å². The molecule has 8 heteroatoms. The van der Waals surface area contributed by atoms with E-state index in [1.165, 1.54) is 19.1 Å². The maximum Gasteiger partial charge on any atom is 0.317 e. The molecule has 2 aromatic carbocycles. The smallest absolute Gasteiger partial charge is 0.317 e. The first-order valence-corrected chi connectivity index (χ1v) is 8.46. The Morgan fingerprint density at radius 2 is 1.92 bits per heavy atom. The van der Waals surface area contributed by atoms with Gasteiger partial charge < -0.3 is 10.1 Å². The van der Waals surface area contributed by atoms with E-state index < -0.39 is 29.6 Å². The number of benzene rings is 2. The van der Waals surface area contributed by atoms with E-state index in [0.717, 1.165) is 30.0 Å². The van der Waals surface area contributed by atoms with Gasteiger partial charge in [0.25, 0.3) is 5.91 Å². The highest BCUT2D eigenvalue weighted by Crippen LogP contribution is 2.23. The lowest BCUT2D eigenvalue weighted by molar-refractivity contribution is -0.150. The minimum atomic E-state index is -1.07. The first-order chi connectivity index (χ1) is 12.4. The maximum absolute atomic E-state index is 13.5. The molecule has 0 saturated heterocycles. The lowest BCUT2D eigenvalue weighted by atomic mass is 10.2. The summed E-state index contributed by atoms with van der Waals surface area (Å²) in [6.45, 7) is 1.39. The Kier molecular flexibility index (Phi) is 6.69. The van der Waals surface area contributed by atoms with Crippen molar-refractivity contribution in [2.45, 2.75) is 17.9 Å². The molecule has 0 radical (unpaired) electrons. The molecule has 1 amide bonds. The molecule has 26 heavy (non-hydrogen) atoms. The molecule has 134 valence electrons. The van der Waals surface area contributed by atoms with Gasteiger partial charge in [0.1, 0.15) is 11.6 Å². The first kappa shape index (κ1) is 19.4. The van der Waals surface area contributed by atoms with Gasteiger partial charge in [-0.15, -0.1) is 11.8 Å². The van der Waals surface area contributed by atoms with Crippen LogP contribution in [0.2, 0.25) is 0 Å². The normalized spacial score (nSPS) is 11.3.